The molecule has 16 heavy (non-hydrogen) atoms. The van der Waals surface area contributed by atoms with Crippen molar-refractivity contribution in [1.82, 2.24) is 0 Å². The van der Waals surface area contributed by atoms with Crippen molar-refractivity contribution in [3.05, 3.63) is 35.4 Å². The largest absolute Gasteiger partial charge is 0.465 e. The SMILES string of the molecule is COC(=O)c1cccc(C(C)(N)CO)c1.Cl. The van der Waals surface area contributed by atoms with Crippen LogP contribution in [-0.4, -0.2) is 24.8 Å². The summed E-state index contributed by atoms with van der Waals surface area (Å²) in [5.74, 6) is -0.411. The molecule has 1 rings (SSSR count). The molecule has 0 saturated heterocycles. The minimum Gasteiger partial charge on any atom is -0.465 e. The van der Waals surface area contributed by atoms with Gasteiger partial charge in [-0.15, -0.1) is 12.4 Å². The zero-order chi connectivity index (χ0) is 11.5. The molecule has 4 nitrogen and oxygen atoms in total. The van der Waals surface area contributed by atoms with E-state index in [1.165, 1.54) is 7.11 Å². The number of ether oxygens (including phenoxy) is 1. The van der Waals surface area contributed by atoms with E-state index in [0.29, 0.717) is 11.1 Å². The van der Waals surface area contributed by atoms with Crippen LogP contribution >= 0.6 is 12.4 Å². The van der Waals surface area contributed by atoms with Crippen molar-refractivity contribution in [2.45, 2.75) is 12.5 Å². The van der Waals surface area contributed by atoms with Crippen molar-refractivity contribution in [3.8, 4) is 0 Å². The van der Waals surface area contributed by atoms with Gasteiger partial charge in [-0.05, 0) is 24.6 Å². The second kappa shape index (κ2) is 5.84. The van der Waals surface area contributed by atoms with E-state index in [-0.39, 0.29) is 19.0 Å². The van der Waals surface area contributed by atoms with Crippen LogP contribution < -0.4 is 5.73 Å². The van der Waals surface area contributed by atoms with Crippen LogP contribution in [0.2, 0.25) is 0 Å². The van der Waals surface area contributed by atoms with Crippen LogP contribution in [0.25, 0.3) is 0 Å². The van der Waals surface area contributed by atoms with Crippen molar-refractivity contribution in [3.63, 3.8) is 0 Å². The second-order valence-corrected chi connectivity index (χ2v) is 3.65. The number of esters is 1. The fourth-order valence-corrected chi connectivity index (χ4v) is 1.21. The molecule has 0 radical (unpaired) electrons. The Kier molecular flexibility index (Phi) is 5.44. The first-order valence-electron chi connectivity index (χ1n) is 4.60. The number of hydrogen-bond donors (Lipinski definition) is 2. The van der Waals surface area contributed by atoms with Gasteiger partial charge in [0, 0.05) is 0 Å². The first kappa shape index (κ1) is 14.9. The van der Waals surface area contributed by atoms with Crippen LogP contribution in [0, 0.1) is 0 Å². The summed E-state index contributed by atoms with van der Waals surface area (Å²) in [6, 6.07) is 6.75. The molecular formula is C11H16ClNO3. The number of rotatable bonds is 3. The fourth-order valence-electron chi connectivity index (χ4n) is 1.21. The number of methoxy groups -OCH3 is 1. The Hall–Kier alpha value is -1.10. The molecule has 5 heteroatoms. The molecule has 0 amide bonds. The summed E-state index contributed by atoms with van der Waals surface area (Å²) in [5.41, 5.74) is 6.13. The molecule has 90 valence electrons. The van der Waals surface area contributed by atoms with E-state index in [1.807, 2.05) is 0 Å². The Morgan fingerprint density at radius 3 is 2.69 bits per heavy atom. The van der Waals surface area contributed by atoms with Gasteiger partial charge in [0.2, 0.25) is 0 Å². The van der Waals surface area contributed by atoms with Gasteiger partial charge in [0.05, 0.1) is 24.8 Å². The highest BCUT2D eigenvalue weighted by atomic mass is 35.5. The Labute approximate surface area is 101 Å². The predicted molar refractivity (Wildman–Crippen MR) is 63.7 cm³/mol. The van der Waals surface area contributed by atoms with Crippen molar-refractivity contribution in [1.29, 1.82) is 0 Å². The lowest BCUT2D eigenvalue weighted by Gasteiger charge is -2.22. The van der Waals surface area contributed by atoms with Gasteiger partial charge in [-0.25, -0.2) is 4.79 Å². The van der Waals surface area contributed by atoms with Crippen LogP contribution in [0.3, 0.4) is 0 Å². The number of carbonyl (C=O) groups excluding carboxylic acids is 1. The average molecular weight is 246 g/mol. The van der Waals surface area contributed by atoms with Crippen molar-refractivity contribution in [2.75, 3.05) is 13.7 Å². The van der Waals surface area contributed by atoms with Gasteiger partial charge in [-0.1, -0.05) is 12.1 Å². The van der Waals surface area contributed by atoms with Gasteiger partial charge >= 0.3 is 5.97 Å². The second-order valence-electron chi connectivity index (χ2n) is 3.65. The molecule has 1 aromatic carbocycles. The third-order valence-electron chi connectivity index (χ3n) is 2.27. The molecule has 1 atom stereocenters. The lowest BCUT2D eigenvalue weighted by Crippen LogP contribution is -2.37. The maximum Gasteiger partial charge on any atom is 0.337 e. The van der Waals surface area contributed by atoms with Gasteiger partial charge in [-0.3, -0.25) is 0 Å². The number of aliphatic hydroxyl groups excluding tert-OH is 1. The van der Waals surface area contributed by atoms with Gasteiger partial charge in [0.1, 0.15) is 0 Å². The van der Waals surface area contributed by atoms with E-state index < -0.39 is 11.5 Å². The van der Waals surface area contributed by atoms with Gasteiger partial charge in [0.25, 0.3) is 0 Å². The third-order valence-corrected chi connectivity index (χ3v) is 2.27. The minimum absolute atomic E-state index is 0. The first-order valence-corrected chi connectivity index (χ1v) is 4.60. The van der Waals surface area contributed by atoms with Crippen LogP contribution in [0.1, 0.15) is 22.8 Å². The summed E-state index contributed by atoms with van der Waals surface area (Å²) in [5, 5.41) is 9.09. The number of hydrogen-bond acceptors (Lipinski definition) is 4. The van der Waals surface area contributed by atoms with Crippen LogP contribution in [0.5, 0.6) is 0 Å². The normalized spacial score (nSPS) is 13.5. The Morgan fingerprint density at radius 2 is 2.19 bits per heavy atom. The highest BCUT2D eigenvalue weighted by molar-refractivity contribution is 5.89. The summed E-state index contributed by atoms with van der Waals surface area (Å²) in [6.07, 6.45) is 0. The Balaban J connectivity index is 0.00000225. The molecule has 0 fully saturated rings. The van der Waals surface area contributed by atoms with Gasteiger partial charge in [-0.2, -0.15) is 0 Å². The maximum atomic E-state index is 11.3. The molecule has 0 heterocycles. The van der Waals surface area contributed by atoms with Crippen molar-refractivity contribution in [2.24, 2.45) is 5.73 Å². The highest BCUT2D eigenvalue weighted by Gasteiger charge is 2.20. The smallest absolute Gasteiger partial charge is 0.337 e. The maximum absolute atomic E-state index is 11.3. The van der Waals surface area contributed by atoms with E-state index in [0.717, 1.165) is 0 Å². The molecule has 0 bridgehead atoms. The third kappa shape index (κ3) is 3.20. The zero-order valence-electron chi connectivity index (χ0n) is 9.27. The quantitative estimate of drug-likeness (QED) is 0.781. The standard InChI is InChI=1S/C11H15NO3.ClH/c1-11(12,7-13)9-5-3-4-8(6-9)10(14)15-2;/h3-6,13H,7,12H2,1-2H3;1H. The van der Waals surface area contributed by atoms with E-state index >= 15 is 0 Å². The number of nitrogens with two attached hydrogens (primary N) is 1. The van der Waals surface area contributed by atoms with E-state index in [2.05, 4.69) is 4.74 Å². The van der Waals surface area contributed by atoms with Crippen LogP contribution in [0.15, 0.2) is 24.3 Å². The molecule has 0 aliphatic rings. The topological polar surface area (TPSA) is 72.5 Å². The first-order chi connectivity index (χ1) is 7.01. The Bertz CT molecular complexity index is 366. The van der Waals surface area contributed by atoms with Gasteiger partial charge < -0.3 is 15.6 Å². The summed E-state index contributed by atoms with van der Waals surface area (Å²) in [7, 11) is 1.32. The van der Waals surface area contributed by atoms with E-state index in [4.69, 9.17) is 10.8 Å². The number of benzene rings is 1. The van der Waals surface area contributed by atoms with Crippen LogP contribution in [-0.2, 0) is 10.3 Å². The average Bonchev–Trinajstić information content (AvgIpc) is 2.28. The van der Waals surface area contributed by atoms with Gasteiger partial charge in [0.15, 0.2) is 0 Å². The molecule has 1 aromatic rings. The summed E-state index contributed by atoms with van der Waals surface area (Å²) >= 11 is 0. The Morgan fingerprint density at radius 1 is 1.56 bits per heavy atom. The molecule has 3 N–H and O–H groups in total. The molecule has 0 aromatic heterocycles. The number of aliphatic hydroxyl groups is 1. The highest BCUT2D eigenvalue weighted by Crippen LogP contribution is 2.18. The minimum atomic E-state index is -0.843. The zero-order valence-corrected chi connectivity index (χ0v) is 10.1. The summed E-state index contributed by atoms with van der Waals surface area (Å²) in [4.78, 5) is 11.3. The monoisotopic (exact) mass is 245 g/mol. The van der Waals surface area contributed by atoms with Crippen LogP contribution in [0.4, 0.5) is 0 Å². The lowest BCUT2D eigenvalue weighted by atomic mass is 9.93. The molecule has 0 spiro atoms. The summed E-state index contributed by atoms with van der Waals surface area (Å²) < 4.78 is 4.60. The van der Waals surface area contributed by atoms with Crippen molar-refractivity contribution < 1.29 is 14.6 Å². The number of carbonyl (C=O) groups is 1. The van der Waals surface area contributed by atoms with E-state index in [1.54, 1.807) is 31.2 Å². The predicted octanol–water partition coefficient (Wildman–Crippen LogP) is 1.06. The molecule has 0 saturated carbocycles. The van der Waals surface area contributed by atoms with Crippen molar-refractivity contribution >= 4 is 18.4 Å². The fraction of sp³-hybridized carbons (Fsp3) is 0.364. The molecule has 0 aliphatic heterocycles. The molecular weight excluding hydrogens is 230 g/mol. The lowest BCUT2D eigenvalue weighted by molar-refractivity contribution is 0.0600. The summed E-state index contributed by atoms with van der Waals surface area (Å²) in [6.45, 7) is 1.51. The molecule has 1 unspecified atom stereocenters. The number of halogens is 1. The van der Waals surface area contributed by atoms with E-state index in [9.17, 15) is 4.79 Å². The molecule has 0 aliphatic carbocycles.